The number of H-pyrrole nitrogens is 1. The van der Waals surface area contributed by atoms with Crippen molar-refractivity contribution in [2.45, 2.75) is 0 Å². The molecule has 0 spiro atoms. The first-order valence-corrected chi connectivity index (χ1v) is 3.81. The fourth-order valence-electron chi connectivity index (χ4n) is 0.993. The number of hydrogen-bond donors (Lipinski definition) is 1. The molecule has 13 heavy (non-hydrogen) atoms. The first kappa shape index (κ1) is 10.4. The van der Waals surface area contributed by atoms with Crippen LogP contribution in [0.1, 0.15) is 1.43 Å². The number of aromatic amines is 1. The molecule has 0 aliphatic carbocycles. The van der Waals surface area contributed by atoms with E-state index in [4.69, 9.17) is 4.74 Å². The summed E-state index contributed by atoms with van der Waals surface area (Å²) in [6.07, 6.45) is 1.83. The second kappa shape index (κ2) is 5.12. The standard InChI is InChI=1S/C10H9NO.Na.H/c1-2-5-9(6-3-1)12-10-7-4-8-11-10;;/h1-8,11H;;/q;+1;-1. The molecule has 2 nitrogen and oxygen atoms in total. The van der Waals surface area contributed by atoms with E-state index in [9.17, 15) is 0 Å². The molecule has 1 heterocycles. The molecule has 3 heteroatoms. The molecule has 0 radical (unpaired) electrons. The Morgan fingerprint density at radius 1 is 1.00 bits per heavy atom. The zero-order chi connectivity index (χ0) is 8.23. The van der Waals surface area contributed by atoms with Gasteiger partial charge in [0, 0.05) is 12.3 Å². The van der Waals surface area contributed by atoms with E-state index in [1.165, 1.54) is 0 Å². The maximum absolute atomic E-state index is 5.46. The van der Waals surface area contributed by atoms with E-state index >= 15 is 0 Å². The van der Waals surface area contributed by atoms with Gasteiger partial charge in [-0.25, -0.2) is 0 Å². The molecule has 0 aliphatic heterocycles. The first-order chi connectivity index (χ1) is 5.95. The maximum atomic E-state index is 5.46. The van der Waals surface area contributed by atoms with Gasteiger partial charge in [0.25, 0.3) is 0 Å². The average molecular weight is 183 g/mol. The minimum absolute atomic E-state index is 0. The molecule has 62 valence electrons. The molecule has 2 aromatic rings. The Hall–Kier alpha value is -0.700. The van der Waals surface area contributed by atoms with Crippen LogP contribution in [0.3, 0.4) is 0 Å². The van der Waals surface area contributed by atoms with Crippen molar-refractivity contribution in [2.75, 3.05) is 0 Å². The summed E-state index contributed by atoms with van der Waals surface area (Å²) in [4.78, 5) is 2.96. The second-order valence-corrected chi connectivity index (χ2v) is 2.45. The fraction of sp³-hybridized carbons (Fsp3) is 0. The van der Waals surface area contributed by atoms with Gasteiger partial charge in [-0.1, -0.05) is 18.2 Å². The fourth-order valence-corrected chi connectivity index (χ4v) is 0.993. The molecule has 0 saturated carbocycles. The minimum atomic E-state index is 0. The van der Waals surface area contributed by atoms with Gasteiger partial charge in [-0.2, -0.15) is 0 Å². The Morgan fingerprint density at radius 2 is 1.77 bits per heavy atom. The van der Waals surface area contributed by atoms with E-state index in [2.05, 4.69) is 4.98 Å². The van der Waals surface area contributed by atoms with Crippen LogP contribution in [0, 0.1) is 0 Å². The van der Waals surface area contributed by atoms with Crippen LogP contribution in [0.15, 0.2) is 48.7 Å². The summed E-state index contributed by atoms with van der Waals surface area (Å²) in [5, 5.41) is 0. The molecule has 0 aliphatic rings. The van der Waals surface area contributed by atoms with E-state index in [0.717, 1.165) is 11.6 Å². The normalized spacial score (nSPS) is 8.92. The Bertz CT molecular complexity index is 336. The van der Waals surface area contributed by atoms with Crippen LogP contribution in [0.2, 0.25) is 0 Å². The van der Waals surface area contributed by atoms with E-state index in [-0.39, 0.29) is 31.0 Å². The molecule has 0 bridgehead atoms. The van der Waals surface area contributed by atoms with Crippen LogP contribution in [0.5, 0.6) is 11.6 Å². The van der Waals surface area contributed by atoms with Crippen molar-refractivity contribution in [1.82, 2.24) is 4.98 Å². The Labute approximate surface area is 101 Å². The average Bonchev–Trinajstić information content (AvgIpc) is 2.59. The predicted molar refractivity (Wildman–Crippen MR) is 48.4 cm³/mol. The first-order valence-electron chi connectivity index (χ1n) is 3.81. The summed E-state index contributed by atoms with van der Waals surface area (Å²) in [7, 11) is 0. The number of rotatable bonds is 2. The van der Waals surface area contributed by atoms with Gasteiger partial charge in [-0.15, -0.1) is 0 Å². The van der Waals surface area contributed by atoms with Crippen molar-refractivity contribution in [3.05, 3.63) is 48.7 Å². The summed E-state index contributed by atoms with van der Waals surface area (Å²) in [5.74, 6) is 1.61. The van der Waals surface area contributed by atoms with Crippen LogP contribution >= 0.6 is 0 Å². The second-order valence-electron chi connectivity index (χ2n) is 2.45. The van der Waals surface area contributed by atoms with Crippen LogP contribution < -0.4 is 34.3 Å². The van der Waals surface area contributed by atoms with Crippen molar-refractivity contribution < 1.29 is 35.7 Å². The summed E-state index contributed by atoms with van der Waals surface area (Å²) < 4.78 is 5.46. The third kappa shape index (κ3) is 2.92. The molecule has 1 aromatic carbocycles. The zero-order valence-electron chi connectivity index (χ0n) is 8.53. The topological polar surface area (TPSA) is 25.0 Å². The molecule has 0 fully saturated rings. The van der Waals surface area contributed by atoms with E-state index in [0.29, 0.717) is 0 Å². The Morgan fingerprint density at radius 3 is 2.38 bits per heavy atom. The molecule has 1 N–H and O–H groups in total. The number of aromatic nitrogens is 1. The molecule has 1 aromatic heterocycles. The SMILES string of the molecule is [H-].[Na+].c1ccc(Oc2ccc[nH]2)cc1. The van der Waals surface area contributed by atoms with Gasteiger partial charge < -0.3 is 11.1 Å². The van der Waals surface area contributed by atoms with Crippen molar-refractivity contribution in [3.63, 3.8) is 0 Å². The molecule has 0 saturated heterocycles. The van der Waals surface area contributed by atoms with Gasteiger partial charge in [0.1, 0.15) is 5.75 Å². The van der Waals surface area contributed by atoms with Crippen molar-refractivity contribution in [1.29, 1.82) is 0 Å². The number of ether oxygens (including phenoxy) is 1. The van der Waals surface area contributed by atoms with Crippen LogP contribution in [0.4, 0.5) is 0 Å². The number of nitrogens with one attached hydrogen (secondary N) is 1. The Balaban J connectivity index is 0.000000845. The summed E-state index contributed by atoms with van der Waals surface area (Å²) in [5.41, 5.74) is 0. The summed E-state index contributed by atoms with van der Waals surface area (Å²) >= 11 is 0. The third-order valence-electron chi connectivity index (χ3n) is 1.54. The number of benzene rings is 1. The molecular formula is C10H10NNaO. The zero-order valence-corrected chi connectivity index (χ0v) is 9.53. The number of hydrogen-bond acceptors (Lipinski definition) is 1. The van der Waals surface area contributed by atoms with E-state index in [1.54, 1.807) is 0 Å². The summed E-state index contributed by atoms with van der Waals surface area (Å²) in [6.45, 7) is 0. The van der Waals surface area contributed by atoms with Crippen molar-refractivity contribution >= 4 is 0 Å². The van der Waals surface area contributed by atoms with Gasteiger partial charge in [0.15, 0.2) is 5.88 Å². The van der Waals surface area contributed by atoms with Gasteiger partial charge in [0.2, 0.25) is 0 Å². The van der Waals surface area contributed by atoms with Gasteiger partial charge in [0.05, 0.1) is 0 Å². The quantitative estimate of drug-likeness (QED) is 0.647. The molecular weight excluding hydrogens is 173 g/mol. The number of para-hydroxylation sites is 1. The summed E-state index contributed by atoms with van der Waals surface area (Å²) in [6, 6.07) is 13.5. The van der Waals surface area contributed by atoms with E-state index < -0.39 is 0 Å². The predicted octanol–water partition coefficient (Wildman–Crippen LogP) is -0.0765. The van der Waals surface area contributed by atoms with Gasteiger partial charge in [-0.3, -0.25) is 0 Å². The smallest absolute Gasteiger partial charge is 1.00 e. The van der Waals surface area contributed by atoms with Crippen molar-refractivity contribution in [3.8, 4) is 11.6 Å². The van der Waals surface area contributed by atoms with Gasteiger partial charge in [-0.05, 0) is 18.2 Å². The Kier molecular flexibility index (Phi) is 4.09. The van der Waals surface area contributed by atoms with Crippen LogP contribution in [-0.2, 0) is 0 Å². The largest absolute Gasteiger partial charge is 1.00 e. The minimum Gasteiger partial charge on any atom is -1.00 e. The van der Waals surface area contributed by atoms with E-state index in [1.807, 2.05) is 48.7 Å². The van der Waals surface area contributed by atoms with Crippen LogP contribution in [-0.4, -0.2) is 4.98 Å². The molecule has 0 amide bonds. The van der Waals surface area contributed by atoms with Crippen molar-refractivity contribution in [2.24, 2.45) is 0 Å². The third-order valence-corrected chi connectivity index (χ3v) is 1.54. The monoisotopic (exact) mass is 183 g/mol. The molecule has 0 atom stereocenters. The van der Waals surface area contributed by atoms with Crippen LogP contribution in [0.25, 0.3) is 0 Å². The maximum Gasteiger partial charge on any atom is 1.00 e. The molecule has 0 unspecified atom stereocenters. The van der Waals surface area contributed by atoms with Gasteiger partial charge >= 0.3 is 29.6 Å². The molecule has 2 rings (SSSR count).